The summed E-state index contributed by atoms with van der Waals surface area (Å²) < 4.78 is 11.0. The van der Waals surface area contributed by atoms with Gasteiger partial charge in [0.1, 0.15) is 0 Å². The summed E-state index contributed by atoms with van der Waals surface area (Å²) in [5, 5.41) is 0. The lowest BCUT2D eigenvalue weighted by Crippen LogP contribution is -2.51. The molecule has 3 nitrogen and oxygen atoms in total. The first-order valence-electron chi connectivity index (χ1n) is 4.99. The molecule has 1 aliphatic rings. The summed E-state index contributed by atoms with van der Waals surface area (Å²) in [6, 6.07) is 0.270. The fraction of sp³-hybridized carbons (Fsp3) is 1.00. The highest BCUT2D eigenvalue weighted by Crippen LogP contribution is 2.31. The smallest absolute Gasteiger partial charge is 0.0952 e. The van der Waals surface area contributed by atoms with E-state index < -0.39 is 0 Å². The fourth-order valence-corrected chi connectivity index (χ4v) is 1.93. The molecule has 3 heteroatoms. The molecule has 0 spiro atoms. The molecule has 2 N–H and O–H groups in total. The van der Waals surface area contributed by atoms with E-state index in [2.05, 4.69) is 13.8 Å². The Hall–Kier alpha value is -0.120. The molecule has 1 aliphatic heterocycles. The second kappa shape index (κ2) is 4.40. The predicted molar refractivity (Wildman–Crippen MR) is 52.6 cm³/mol. The van der Waals surface area contributed by atoms with E-state index in [0.717, 1.165) is 19.4 Å². The molecule has 78 valence electrons. The van der Waals surface area contributed by atoms with Crippen molar-refractivity contribution in [2.75, 3.05) is 20.3 Å². The van der Waals surface area contributed by atoms with Crippen LogP contribution in [0.4, 0.5) is 0 Å². The quantitative estimate of drug-likeness (QED) is 0.721. The summed E-state index contributed by atoms with van der Waals surface area (Å²) in [7, 11) is 1.72. The highest BCUT2D eigenvalue weighted by atomic mass is 16.5. The largest absolute Gasteiger partial charge is 0.382 e. The van der Waals surface area contributed by atoms with E-state index in [0.29, 0.717) is 12.5 Å². The monoisotopic (exact) mass is 187 g/mol. The number of nitrogens with two attached hydrogens (primary N) is 1. The third kappa shape index (κ3) is 2.42. The van der Waals surface area contributed by atoms with Gasteiger partial charge >= 0.3 is 0 Å². The van der Waals surface area contributed by atoms with Crippen molar-refractivity contribution >= 4 is 0 Å². The second-order valence-corrected chi connectivity index (χ2v) is 4.25. The molecule has 0 aromatic heterocycles. The Balaban J connectivity index is 2.64. The van der Waals surface area contributed by atoms with Crippen LogP contribution in [0.2, 0.25) is 0 Å². The molecule has 1 saturated heterocycles. The summed E-state index contributed by atoms with van der Waals surface area (Å²) >= 11 is 0. The molecular formula is C10H21NO2. The van der Waals surface area contributed by atoms with E-state index in [1.165, 1.54) is 0 Å². The van der Waals surface area contributed by atoms with Crippen LogP contribution in [0.1, 0.15) is 26.7 Å². The molecule has 1 fully saturated rings. The zero-order chi connectivity index (χ0) is 9.90. The molecule has 0 saturated carbocycles. The summed E-state index contributed by atoms with van der Waals surface area (Å²) in [6.07, 6.45) is 1.89. The van der Waals surface area contributed by atoms with Crippen LogP contribution in [0, 0.1) is 5.92 Å². The van der Waals surface area contributed by atoms with Crippen LogP contribution in [-0.2, 0) is 9.47 Å². The van der Waals surface area contributed by atoms with Crippen LogP contribution < -0.4 is 5.73 Å². The Morgan fingerprint density at radius 2 is 2.31 bits per heavy atom. The first-order valence-corrected chi connectivity index (χ1v) is 4.99. The van der Waals surface area contributed by atoms with Crippen molar-refractivity contribution in [1.82, 2.24) is 0 Å². The van der Waals surface area contributed by atoms with E-state index in [9.17, 15) is 0 Å². The van der Waals surface area contributed by atoms with Crippen molar-refractivity contribution < 1.29 is 9.47 Å². The first-order chi connectivity index (χ1) is 6.10. The average Bonchev–Trinajstić information content (AvgIpc) is 2.04. The number of hydrogen-bond donors (Lipinski definition) is 1. The van der Waals surface area contributed by atoms with E-state index in [4.69, 9.17) is 15.2 Å². The van der Waals surface area contributed by atoms with Gasteiger partial charge in [-0.05, 0) is 18.8 Å². The normalized spacial score (nSPS) is 35.3. The standard InChI is InChI=1S/C10H21NO2/c1-8(2)10(7-12-3)6-9(11)4-5-13-10/h8-9H,4-7,11H2,1-3H3. The average molecular weight is 187 g/mol. The molecule has 0 aliphatic carbocycles. The Morgan fingerprint density at radius 3 is 2.77 bits per heavy atom. The third-order valence-electron chi connectivity index (χ3n) is 2.93. The Kier molecular flexibility index (Phi) is 3.71. The van der Waals surface area contributed by atoms with Crippen LogP contribution in [0.25, 0.3) is 0 Å². The highest BCUT2D eigenvalue weighted by Gasteiger charge is 2.39. The van der Waals surface area contributed by atoms with Crippen molar-refractivity contribution in [3.8, 4) is 0 Å². The van der Waals surface area contributed by atoms with Gasteiger partial charge in [-0.1, -0.05) is 13.8 Å². The Morgan fingerprint density at radius 1 is 1.62 bits per heavy atom. The van der Waals surface area contributed by atoms with Crippen LogP contribution in [-0.4, -0.2) is 32.0 Å². The van der Waals surface area contributed by atoms with Gasteiger partial charge in [0.05, 0.1) is 12.2 Å². The SMILES string of the molecule is COCC1(C(C)C)CC(N)CCO1. The maximum absolute atomic E-state index is 5.94. The molecule has 0 aromatic rings. The minimum Gasteiger partial charge on any atom is -0.382 e. The molecular weight excluding hydrogens is 166 g/mol. The van der Waals surface area contributed by atoms with Crippen molar-refractivity contribution in [3.05, 3.63) is 0 Å². The van der Waals surface area contributed by atoms with Gasteiger partial charge in [-0.2, -0.15) is 0 Å². The van der Waals surface area contributed by atoms with Crippen molar-refractivity contribution in [2.45, 2.75) is 38.3 Å². The maximum Gasteiger partial charge on any atom is 0.0952 e. The summed E-state index contributed by atoms with van der Waals surface area (Å²) in [6.45, 7) is 5.75. The number of hydrogen-bond acceptors (Lipinski definition) is 3. The van der Waals surface area contributed by atoms with Gasteiger partial charge in [0.15, 0.2) is 0 Å². The summed E-state index contributed by atoms with van der Waals surface area (Å²) in [4.78, 5) is 0. The molecule has 2 atom stereocenters. The molecule has 2 unspecified atom stereocenters. The molecule has 1 rings (SSSR count). The Bertz CT molecular complexity index is 157. The molecule has 0 radical (unpaired) electrons. The van der Waals surface area contributed by atoms with Crippen molar-refractivity contribution in [1.29, 1.82) is 0 Å². The maximum atomic E-state index is 5.94. The van der Waals surface area contributed by atoms with E-state index >= 15 is 0 Å². The van der Waals surface area contributed by atoms with E-state index in [-0.39, 0.29) is 11.6 Å². The van der Waals surface area contributed by atoms with Gasteiger partial charge in [-0.25, -0.2) is 0 Å². The lowest BCUT2D eigenvalue weighted by Gasteiger charge is -2.42. The van der Waals surface area contributed by atoms with Crippen LogP contribution >= 0.6 is 0 Å². The lowest BCUT2D eigenvalue weighted by molar-refractivity contribution is -0.145. The van der Waals surface area contributed by atoms with Crippen LogP contribution in [0.15, 0.2) is 0 Å². The van der Waals surface area contributed by atoms with Crippen LogP contribution in [0.5, 0.6) is 0 Å². The second-order valence-electron chi connectivity index (χ2n) is 4.25. The minimum absolute atomic E-state index is 0.146. The van der Waals surface area contributed by atoms with Gasteiger partial charge in [-0.15, -0.1) is 0 Å². The van der Waals surface area contributed by atoms with Gasteiger partial charge < -0.3 is 15.2 Å². The number of rotatable bonds is 3. The number of ether oxygens (including phenoxy) is 2. The fourth-order valence-electron chi connectivity index (χ4n) is 1.93. The van der Waals surface area contributed by atoms with Gasteiger partial charge in [0.25, 0.3) is 0 Å². The summed E-state index contributed by atoms with van der Waals surface area (Å²) in [5.74, 6) is 0.457. The molecule has 0 amide bonds. The molecule has 13 heavy (non-hydrogen) atoms. The number of methoxy groups -OCH3 is 1. The van der Waals surface area contributed by atoms with E-state index in [1.807, 2.05) is 0 Å². The zero-order valence-electron chi connectivity index (χ0n) is 8.88. The van der Waals surface area contributed by atoms with Crippen molar-refractivity contribution in [2.24, 2.45) is 11.7 Å². The van der Waals surface area contributed by atoms with Gasteiger partial charge in [0.2, 0.25) is 0 Å². The molecule has 1 heterocycles. The zero-order valence-corrected chi connectivity index (χ0v) is 8.88. The van der Waals surface area contributed by atoms with E-state index in [1.54, 1.807) is 7.11 Å². The predicted octanol–water partition coefficient (Wildman–Crippen LogP) is 1.17. The highest BCUT2D eigenvalue weighted by molar-refractivity contribution is 4.91. The third-order valence-corrected chi connectivity index (χ3v) is 2.93. The minimum atomic E-state index is -0.146. The van der Waals surface area contributed by atoms with Crippen LogP contribution in [0.3, 0.4) is 0 Å². The molecule has 0 bridgehead atoms. The van der Waals surface area contributed by atoms with Gasteiger partial charge in [-0.3, -0.25) is 0 Å². The topological polar surface area (TPSA) is 44.5 Å². The van der Waals surface area contributed by atoms with Gasteiger partial charge in [0, 0.05) is 19.8 Å². The molecule has 0 aromatic carbocycles. The first kappa shape index (κ1) is 11.0. The van der Waals surface area contributed by atoms with Crippen molar-refractivity contribution in [3.63, 3.8) is 0 Å². The summed E-state index contributed by atoms with van der Waals surface area (Å²) in [5.41, 5.74) is 5.80. The lowest BCUT2D eigenvalue weighted by atomic mass is 9.82. The Labute approximate surface area is 80.6 Å².